The zero-order chi connectivity index (χ0) is 16.1. The largest absolute Gasteiger partial charge is 0.412 e. The lowest BCUT2D eigenvalue weighted by molar-refractivity contribution is 0.302. The highest BCUT2D eigenvalue weighted by Gasteiger charge is 2.55. The Morgan fingerprint density at radius 1 is 0.826 bits per heavy atom. The summed E-state index contributed by atoms with van der Waals surface area (Å²) in [5.41, 5.74) is 3.21. The molecule has 2 aliphatic heterocycles. The summed E-state index contributed by atoms with van der Waals surface area (Å²) in [5.74, 6) is 1.46. The first-order valence-electron chi connectivity index (χ1n) is 8.90. The first-order valence-corrected chi connectivity index (χ1v) is 8.90. The van der Waals surface area contributed by atoms with Gasteiger partial charge in [0.25, 0.3) is 0 Å². The van der Waals surface area contributed by atoms with Crippen molar-refractivity contribution in [3.63, 3.8) is 0 Å². The fourth-order valence-electron chi connectivity index (χ4n) is 4.19. The van der Waals surface area contributed by atoms with Crippen molar-refractivity contribution in [2.45, 2.75) is 89.6 Å². The van der Waals surface area contributed by atoms with Crippen LogP contribution in [0.25, 0.3) is 0 Å². The molecule has 0 spiro atoms. The molecule has 2 saturated carbocycles. The van der Waals surface area contributed by atoms with Crippen molar-refractivity contribution in [2.24, 2.45) is 11.8 Å². The summed E-state index contributed by atoms with van der Waals surface area (Å²) in [5, 5.41) is 0. The third-order valence-corrected chi connectivity index (χ3v) is 6.44. The molecule has 2 saturated heterocycles. The van der Waals surface area contributed by atoms with Crippen LogP contribution in [0.2, 0.25) is 0 Å². The molecule has 0 aromatic carbocycles. The lowest BCUT2D eigenvalue weighted by atomic mass is 9.80. The number of epoxide rings is 2. The minimum atomic E-state index is 0. The molecule has 6 atom stereocenters. The molecule has 6 unspecified atom stereocenters. The molecular weight excluding hydrogens is 288 g/mol. The van der Waals surface area contributed by atoms with Gasteiger partial charge in [0.1, 0.15) is 0 Å². The number of hydrogen-bond acceptors (Lipinski definition) is 2. The maximum atomic E-state index is 5.60. The van der Waals surface area contributed by atoms with Crippen LogP contribution in [-0.2, 0) is 9.47 Å². The highest BCUT2D eigenvalue weighted by Crippen LogP contribution is 2.51. The van der Waals surface area contributed by atoms with Crippen molar-refractivity contribution in [3.05, 3.63) is 24.3 Å². The molecule has 3 nitrogen and oxygen atoms in total. The minimum absolute atomic E-state index is 0. The zero-order valence-electron chi connectivity index (χ0n) is 15.3. The summed E-state index contributed by atoms with van der Waals surface area (Å²) in [7, 11) is 0. The van der Waals surface area contributed by atoms with Crippen molar-refractivity contribution in [3.8, 4) is 0 Å². The van der Waals surface area contributed by atoms with Crippen LogP contribution < -0.4 is 0 Å². The Morgan fingerprint density at radius 2 is 1.17 bits per heavy atom. The predicted molar refractivity (Wildman–Crippen MR) is 94.5 cm³/mol. The Hall–Kier alpha value is -0.640. The molecule has 0 amide bonds. The summed E-state index contributed by atoms with van der Waals surface area (Å²) in [6.07, 6.45) is 8.56. The number of rotatable bonds is 2. The van der Waals surface area contributed by atoms with Gasteiger partial charge >= 0.3 is 0 Å². The quantitative estimate of drug-likeness (QED) is 0.564. The average molecular weight is 322 g/mol. The molecule has 0 bridgehead atoms. The molecule has 0 aromatic rings. The summed E-state index contributed by atoms with van der Waals surface area (Å²) >= 11 is 0. The maximum Gasteiger partial charge on any atom is 0.0920 e. The maximum absolute atomic E-state index is 5.60. The topological polar surface area (TPSA) is 56.6 Å². The van der Waals surface area contributed by atoms with Crippen molar-refractivity contribution in [1.82, 2.24) is 0 Å². The van der Waals surface area contributed by atoms with Crippen LogP contribution in [0, 0.1) is 11.8 Å². The van der Waals surface area contributed by atoms with Crippen LogP contribution in [0.15, 0.2) is 24.3 Å². The molecular formula is C20H34O3. The van der Waals surface area contributed by atoms with E-state index in [1.807, 2.05) is 0 Å². The van der Waals surface area contributed by atoms with E-state index in [-0.39, 0.29) is 16.7 Å². The fraction of sp³-hybridized carbons (Fsp3) is 0.800. The van der Waals surface area contributed by atoms with E-state index in [2.05, 4.69) is 40.9 Å². The number of hydrogen-bond donors (Lipinski definition) is 0. The summed E-state index contributed by atoms with van der Waals surface area (Å²) in [6.45, 7) is 16.7. The van der Waals surface area contributed by atoms with Crippen molar-refractivity contribution < 1.29 is 14.9 Å². The van der Waals surface area contributed by atoms with Gasteiger partial charge in [0, 0.05) is 0 Å². The van der Waals surface area contributed by atoms with Gasteiger partial charge in [0.2, 0.25) is 0 Å². The fourth-order valence-corrected chi connectivity index (χ4v) is 4.19. The van der Waals surface area contributed by atoms with E-state index in [0.717, 1.165) is 11.8 Å². The molecule has 3 heteroatoms. The molecule has 132 valence electrons. The normalized spacial score (nSPS) is 46.1. The second-order valence-electron chi connectivity index (χ2n) is 8.47. The first kappa shape index (κ1) is 18.7. The lowest BCUT2D eigenvalue weighted by Crippen LogP contribution is -2.21. The zero-order valence-corrected chi connectivity index (χ0v) is 15.3. The van der Waals surface area contributed by atoms with Gasteiger partial charge in [-0.25, -0.2) is 0 Å². The molecule has 0 radical (unpaired) electrons. The van der Waals surface area contributed by atoms with Gasteiger partial charge in [-0.3, -0.25) is 0 Å². The Bertz CT molecular complexity index is 441. The highest BCUT2D eigenvalue weighted by atomic mass is 16.6. The van der Waals surface area contributed by atoms with E-state index in [1.54, 1.807) is 0 Å². The average Bonchev–Trinajstić information content (AvgIpc) is 3.30. The monoisotopic (exact) mass is 322 g/mol. The SMILES string of the molecule is C=C(C)C1CCC2(C)OC2C1.C=C(C)C1CCC2(C)OC2C1.O. The summed E-state index contributed by atoms with van der Waals surface area (Å²) in [4.78, 5) is 0. The molecule has 2 aliphatic carbocycles. The third-order valence-electron chi connectivity index (χ3n) is 6.44. The Kier molecular flexibility index (Phi) is 5.16. The Labute approximate surface area is 141 Å². The van der Waals surface area contributed by atoms with Crippen LogP contribution in [0.5, 0.6) is 0 Å². The van der Waals surface area contributed by atoms with Gasteiger partial charge < -0.3 is 14.9 Å². The molecule has 0 aromatic heterocycles. The van der Waals surface area contributed by atoms with Crippen molar-refractivity contribution in [1.29, 1.82) is 0 Å². The molecule has 2 heterocycles. The van der Waals surface area contributed by atoms with E-state index in [4.69, 9.17) is 9.47 Å². The third kappa shape index (κ3) is 3.89. The minimum Gasteiger partial charge on any atom is -0.412 e. The van der Waals surface area contributed by atoms with Gasteiger partial charge in [-0.1, -0.05) is 24.3 Å². The molecule has 4 rings (SSSR count). The van der Waals surface area contributed by atoms with Gasteiger partial charge in [-0.15, -0.1) is 0 Å². The second-order valence-corrected chi connectivity index (χ2v) is 8.47. The molecule has 23 heavy (non-hydrogen) atoms. The Morgan fingerprint density at radius 3 is 1.43 bits per heavy atom. The van der Waals surface area contributed by atoms with E-state index in [1.165, 1.54) is 49.7 Å². The number of fused-ring (bicyclic) bond motifs is 2. The van der Waals surface area contributed by atoms with E-state index < -0.39 is 0 Å². The summed E-state index contributed by atoms with van der Waals surface area (Å²) in [6, 6.07) is 0. The standard InChI is InChI=1S/2C10H16O.H2O/c2*1-7(2)8-4-5-10(3)9(6-8)11-10;/h2*8-9H,1,4-6H2,2-3H3;1H2. The summed E-state index contributed by atoms with van der Waals surface area (Å²) < 4.78 is 11.2. The first-order chi connectivity index (χ1) is 10.2. The highest BCUT2D eigenvalue weighted by molar-refractivity contribution is 5.11. The van der Waals surface area contributed by atoms with Crippen molar-refractivity contribution >= 4 is 0 Å². The molecule has 4 aliphatic rings. The van der Waals surface area contributed by atoms with Gasteiger partial charge in [0.05, 0.1) is 23.4 Å². The molecule has 2 N–H and O–H groups in total. The number of allylic oxidation sites excluding steroid dienone is 2. The van der Waals surface area contributed by atoms with Crippen LogP contribution in [0.4, 0.5) is 0 Å². The number of ether oxygens (including phenoxy) is 2. The van der Waals surface area contributed by atoms with E-state index >= 15 is 0 Å². The lowest BCUT2D eigenvalue weighted by Gasteiger charge is -2.22. The second kappa shape index (κ2) is 6.34. The van der Waals surface area contributed by atoms with E-state index in [0.29, 0.717) is 12.2 Å². The van der Waals surface area contributed by atoms with Crippen molar-refractivity contribution in [2.75, 3.05) is 0 Å². The smallest absolute Gasteiger partial charge is 0.0920 e. The van der Waals surface area contributed by atoms with E-state index in [9.17, 15) is 0 Å². The van der Waals surface area contributed by atoms with Crippen LogP contribution in [0.3, 0.4) is 0 Å². The predicted octanol–water partition coefficient (Wildman–Crippen LogP) is 4.22. The van der Waals surface area contributed by atoms with Gasteiger partial charge in [0.15, 0.2) is 0 Å². The van der Waals surface area contributed by atoms with Crippen LogP contribution in [0.1, 0.15) is 66.2 Å². The van der Waals surface area contributed by atoms with Gasteiger partial charge in [-0.2, -0.15) is 0 Å². The van der Waals surface area contributed by atoms with Crippen LogP contribution in [-0.4, -0.2) is 28.9 Å². The molecule has 4 fully saturated rings. The van der Waals surface area contributed by atoms with Gasteiger partial charge in [-0.05, 0) is 78.1 Å². The van der Waals surface area contributed by atoms with Crippen LogP contribution >= 0.6 is 0 Å². The Balaban J connectivity index is 0.000000160.